The van der Waals surface area contributed by atoms with Crippen LogP contribution in [0.25, 0.3) is 0 Å². The number of aliphatic hydroxyl groups is 1. The van der Waals surface area contributed by atoms with Gasteiger partial charge >= 0.3 is 0 Å². The standard InChI is InChI=1S/C16H22O3/c1-3-10-16(13-17,14-8-6-5-7-9-14)15(18)12-19-11-4-2/h3,5-9,17H,1,4,10-13H2,2H3. The van der Waals surface area contributed by atoms with Gasteiger partial charge in [-0.2, -0.15) is 0 Å². The van der Waals surface area contributed by atoms with Gasteiger partial charge in [0.2, 0.25) is 0 Å². The molecule has 0 aliphatic rings. The number of ketones is 1. The first kappa shape index (κ1) is 15.6. The van der Waals surface area contributed by atoms with Crippen molar-refractivity contribution in [3.8, 4) is 0 Å². The highest BCUT2D eigenvalue weighted by atomic mass is 16.5. The minimum absolute atomic E-state index is 0.0249. The van der Waals surface area contributed by atoms with E-state index in [0.29, 0.717) is 13.0 Å². The molecule has 0 aromatic heterocycles. The Hall–Kier alpha value is -1.45. The molecule has 0 bridgehead atoms. The second-order valence-corrected chi connectivity index (χ2v) is 4.57. The Kier molecular flexibility index (Phi) is 6.46. The zero-order valence-electron chi connectivity index (χ0n) is 11.5. The molecule has 1 N–H and O–H groups in total. The van der Waals surface area contributed by atoms with Crippen molar-refractivity contribution < 1.29 is 14.6 Å². The minimum Gasteiger partial charge on any atom is -0.395 e. The number of rotatable bonds is 9. The van der Waals surface area contributed by atoms with Gasteiger partial charge in [0.1, 0.15) is 6.61 Å². The van der Waals surface area contributed by atoms with Gasteiger partial charge in [0.05, 0.1) is 12.0 Å². The molecule has 0 heterocycles. The maximum absolute atomic E-state index is 12.4. The molecule has 3 nitrogen and oxygen atoms in total. The summed E-state index contributed by atoms with van der Waals surface area (Å²) >= 11 is 0. The van der Waals surface area contributed by atoms with Crippen LogP contribution in [0.15, 0.2) is 43.0 Å². The van der Waals surface area contributed by atoms with Crippen molar-refractivity contribution in [2.45, 2.75) is 25.2 Å². The Balaban J connectivity index is 2.98. The Labute approximate surface area is 114 Å². The van der Waals surface area contributed by atoms with E-state index >= 15 is 0 Å². The van der Waals surface area contributed by atoms with Gasteiger partial charge in [0.15, 0.2) is 5.78 Å². The molecule has 1 rings (SSSR count). The number of hydrogen-bond donors (Lipinski definition) is 1. The zero-order chi connectivity index (χ0) is 14.1. The number of hydrogen-bond acceptors (Lipinski definition) is 3. The van der Waals surface area contributed by atoms with Crippen molar-refractivity contribution in [2.24, 2.45) is 0 Å². The van der Waals surface area contributed by atoms with E-state index in [4.69, 9.17) is 4.74 Å². The first-order chi connectivity index (χ1) is 9.21. The van der Waals surface area contributed by atoms with Crippen LogP contribution < -0.4 is 0 Å². The smallest absolute Gasteiger partial charge is 0.171 e. The van der Waals surface area contributed by atoms with Crippen LogP contribution in [-0.2, 0) is 14.9 Å². The van der Waals surface area contributed by atoms with E-state index in [1.54, 1.807) is 6.08 Å². The summed E-state index contributed by atoms with van der Waals surface area (Å²) in [5.41, 5.74) is -0.126. The normalized spacial score (nSPS) is 13.8. The monoisotopic (exact) mass is 262 g/mol. The maximum Gasteiger partial charge on any atom is 0.171 e. The number of carbonyl (C=O) groups excluding carboxylic acids is 1. The number of benzene rings is 1. The fourth-order valence-electron chi connectivity index (χ4n) is 2.09. The van der Waals surface area contributed by atoms with E-state index in [2.05, 4.69) is 6.58 Å². The van der Waals surface area contributed by atoms with Crippen LogP contribution in [0.2, 0.25) is 0 Å². The Bertz CT molecular complexity index is 400. The SMILES string of the molecule is C=CCC(CO)(C(=O)COCCC)c1ccccc1. The van der Waals surface area contributed by atoms with E-state index in [1.165, 1.54) is 0 Å². The van der Waals surface area contributed by atoms with Crippen LogP contribution in [0.5, 0.6) is 0 Å². The second kappa shape index (κ2) is 7.87. The van der Waals surface area contributed by atoms with Crippen LogP contribution in [0.4, 0.5) is 0 Å². The van der Waals surface area contributed by atoms with E-state index in [9.17, 15) is 9.90 Å². The topological polar surface area (TPSA) is 46.5 Å². The van der Waals surface area contributed by atoms with Gasteiger partial charge in [-0.15, -0.1) is 6.58 Å². The van der Waals surface area contributed by atoms with Crippen molar-refractivity contribution in [3.05, 3.63) is 48.6 Å². The molecule has 1 aromatic carbocycles. The van der Waals surface area contributed by atoms with Crippen molar-refractivity contribution >= 4 is 5.78 Å². The third kappa shape index (κ3) is 3.75. The van der Waals surface area contributed by atoms with Crippen LogP contribution in [0.1, 0.15) is 25.3 Å². The predicted octanol–water partition coefficient (Wildman–Crippen LogP) is 2.49. The molecule has 0 amide bonds. The summed E-state index contributed by atoms with van der Waals surface area (Å²) in [5, 5.41) is 9.76. The van der Waals surface area contributed by atoms with Gasteiger partial charge in [-0.05, 0) is 18.4 Å². The number of allylic oxidation sites excluding steroid dienone is 1. The first-order valence-corrected chi connectivity index (χ1v) is 6.59. The predicted molar refractivity (Wildman–Crippen MR) is 76.1 cm³/mol. The van der Waals surface area contributed by atoms with Crippen molar-refractivity contribution in [1.82, 2.24) is 0 Å². The average Bonchev–Trinajstić information content (AvgIpc) is 2.46. The van der Waals surface area contributed by atoms with Gasteiger partial charge in [-0.3, -0.25) is 4.79 Å². The molecule has 104 valence electrons. The fourth-order valence-corrected chi connectivity index (χ4v) is 2.09. The lowest BCUT2D eigenvalue weighted by Crippen LogP contribution is -2.41. The summed E-state index contributed by atoms with van der Waals surface area (Å²) in [6, 6.07) is 9.33. The van der Waals surface area contributed by atoms with Gasteiger partial charge in [-0.25, -0.2) is 0 Å². The summed E-state index contributed by atoms with van der Waals surface area (Å²) in [6.45, 7) is 6.02. The minimum atomic E-state index is -0.934. The largest absolute Gasteiger partial charge is 0.395 e. The molecule has 1 unspecified atom stereocenters. The Morgan fingerprint density at radius 3 is 2.63 bits per heavy atom. The van der Waals surface area contributed by atoms with E-state index in [-0.39, 0.29) is 19.0 Å². The average molecular weight is 262 g/mol. The highest BCUT2D eigenvalue weighted by molar-refractivity contribution is 5.91. The van der Waals surface area contributed by atoms with Crippen molar-refractivity contribution in [1.29, 1.82) is 0 Å². The van der Waals surface area contributed by atoms with E-state index in [1.807, 2.05) is 37.3 Å². The third-order valence-corrected chi connectivity index (χ3v) is 3.20. The van der Waals surface area contributed by atoms with Gasteiger partial charge < -0.3 is 9.84 Å². The summed E-state index contributed by atoms with van der Waals surface area (Å²) in [4.78, 5) is 12.4. The summed E-state index contributed by atoms with van der Waals surface area (Å²) in [6.07, 6.45) is 2.94. The number of Topliss-reactive ketones (excluding diaryl/α,β-unsaturated/α-hetero) is 1. The number of aliphatic hydroxyl groups excluding tert-OH is 1. The van der Waals surface area contributed by atoms with Gasteiger partial charge in [-0.1, -0.05) is 43.3 Å². The first-order valence-electron chi connectivity index (χ1n) is 6.59. The molecule has 0 radical (unpaired) electrons. The Morgan fingerprint density at radius 2 is 2.11 bits per heavy atom. The molecule has 0 spiro atoms. The molecule has 0 fully saturated rings. The van der Waals surface area contributed by atoms with Gasteiger partial charge in [0, 0.05) is 6.61 Å². The maximum atomic E-state index is 12.4. The summed E-state index contributed by atoms with van der Waals surface area (Å²) in [5.74, 6) is -0.102. The molecule has 19 heavy (non-hydrogen) atoms. The second-order valence-electron chi connectivity index (χ2n) is 4.57. The number of carbonyl (C=O) groups is 1. The molecule has 0 aliphatic heterocycles. The van der Waals surface area contributed by atoms with Crippen molar-refractivity contribution in [2.75, 3.05) is 19.8 Å². The quantitative estimate of drug-likeness (QED) is 0.549. The summed E-state index contributed by atoms with van der Waals surface area (Å²) in [7, 11) is 0. The highest BCUT2D eigenvalue weighted by Gasteiger charge is 2.38. The molecule has 1 aromatic rings. The lowest BCUT2D eigenvalue weighted by atomic mass is 9.75. The highest BCUT2D eigenvalue weighted by Crippen LogP contribution is 2.29. The Morgan fingerprint density at radius 1 is 1.42 bits per heavy atom. The zero-order valence-corrected chi connectivity index (χ0v) is 11.5. The molecule has 0 saturated heterocycles. The molecule has 1 atom stereocenters. The fraction of sp³-hybridized carbons (Fsp3) is 0.438. The van der Waals surface area contributed by atoms with Crippen LogP contribution in [-0.4, -0.2) is 30.7 Å². The van der Waals surface area contributed by atoms with E-state index < -0.39 is 5.41 Å². The van der Waals surface area contributed by atoms with E-state index in [0.717, 1.165) is 12.0 Å². The molecule has 3 heteroatoms. The molecular formula is C16H22O3. The molecule has 0 saturated carbocycles. The summed E-state index contributed by atoms with van der Waals surface area (Å²) < 4.78 is 5.33. The molecule has 0 aliphatic carbocycles. The lowest BCUT2D eigenvalue weighted by molar-refractivity contribution is -0.130. The van der Waals surface area contributed by atoms with Crippen LogP contribution in [0.3, 0.4) is 0 Å². The van der Waals surface area contributed by atoms with Crippen molar-refractivity contribution in [3.63, 3.8) is 0 Å². The molecular weight excluding hydrogens is 240 g/mol. The van der Waals surface area contributed by atoms with Crippen LogP contribution >= 0.6 is 0 Å². The lowest BCUT2D eigenvalue weighted by Gasteiger charge is -2.29. The third-order valence-electron chi connectivity index (χ3n) is 3.20. The van der Waals surface area contributed by atoms with Gasteiger partial charge in [0.25, 0.3) is 0 Å². The number of ether oxygens (including phenoxy) is 1. The van der Waals surface area contributed by atoms with Crippen LogP contribution in [0, 0.1) is 0 Å².